The van der Waals surface area contributed by atoms with Crippen LogP contribution in [0.25, 0.3) is 0 Å². The molecule has 0 saturated carbocycles. The number of aliphatic hydroxyl groups excluding tert-OH is 1. The van der Waals surface area contributed by atoms with Crippen LogP contribution in [0.15, 0.2) is 48.5 Å². The van der Waals surface area contributed by atoms with Crippen molar-refractivity contribution in [3.8, 4) is 23.7 Å². The molecule has 4 heteroatoms. The van der Waals surface area contributed by atoms with Gasteiger partial charge < -0.3 is 5.11 Å². The zero-order valence-corrected chi connectivity index (χ0v) is 13.5. The normalized spacial score (nSPS) is 10.4. The molecule has 0 bridgehead atoms. The van der Waals surface area contributed by atoms with Gasteiger partial charge in [-0.3, -0.25) is 0 Å². The smallest absolute Gasteiger partial charge is 0.396 e. The van der Waals surface area contributed by atoms with Crippen LogP contribution in [-0.4, -0.2) is 11.7 Å². The second kappa shape index (κ2) is 8.97. The molecular formula is C21H17F3O. The number of alkyl halides is 3. The van der Waals surface area contributed by atoms with Crippen LogP contribution in [0.2, 0.25) is 0 Å². The summed E-state index contributed by atoms with van der Waals surface area (Å²) in [7, 11) is 0. The average Bonchev–Trinajstić information content (AvgIpc) is 2.60. The molecule has 0 radical (unpaired) electrons. The Bertz CT molecular complexity index is 830. The maximum Gasteiger partial charge on any atom is 0.417 e. The van der Waals surface area contributed by atoms with E-state index in [1.165, 1.54) is 18.2 Å². The third-order valence-electron chi connectivity index (χ3n) is 3.42. The number of benzene rings is 2. The van der Waals surface area contributed by atoms with Gasteiger partial charge in [-0.2, -0.15) is 13.2 Å². The van der Waals surface area contributed by atoms with Crippen molar-refractivity contribution in [2.45, 2.75) is 25.4 Å². The molecule has 0 aliphatic rings. The lowest BCUT2D eigenvalue weighted by molar-refractivity contribution is -0.137. The molecule has 1 N–H and O–H groups in total. The Morgan fingerprint density at radius 1 is 0.760 bits per heavy atom. The summed E-state index contributed by atoms with van der Waals surface area (Å²) in [5.41, 5.74) is 0.480. The lowest BCUT2D eigenvalue weighted by atomic mass is 10.0. The zero-order chi connectivity index (χ0) is 18.1. The Balaban J connectivity index is 2.28. The summed E-state index contributed by atoms with van der Waals surface area (Å²) in [6, 6.07) is 12.4. The summed E-state index contributed by atoms with van der Waals surface area (Å²) in [6.45, 7) is 0.141. The molecule has 0 saturated heterocycles. The van der Waals surface area contributed by atoms with Gasteiger partial charge in [-0.25, -0.2) is 0 Å². The summed E-state index contributed by atoms with van der Waals surface area (Å²) >= 11 is 0. The second-order valence-electron chi connectivity index (χ2n) is 5.32. The number of unbranched alkanes of at least 4 members (excludes halogenated alkanes) is 2. The zero-order valence-electron chi connectivity index (χ0n) is 13.5. The van der Waals surface area contributed by atoms with Gasteiger partial charge in [0.15, 0.2) is 0 Å². The molecule has 0 fully saturated rings. The first-order valence-electron chi connectivity index (χ1n) is 7.89. The first-order valence-corrected chi connectivity index (χ1v) is 7.89. The number of aliphatic hydroxyl groups is 1. The largest absolute Gasteiger partial charge is 0.417 e. The van der Waals surface area contributed by atoms with Crippen LogP contribution in [0.5, 0.6) is 0 Å². The highest BCUT2D eigenvalue weighted by atomic mass is 19.4. The van der Waals surface area contributed by atoms with E-state index in [0.29, 0.717) is 24.0 Å². The molecule has 2 aromatic rings. The van der Waals surface area contributed by atoms with Gasteiger partial charge in [0.2, 0.25) is 0 Å². The Morgan fingerprint density at radius 2 is 1.32 bits per heavy atom. The van der Waals surface area contributed by atoms with E-state index in [2.05, 4.69) is 23.7 Å². The van der Waals surface area contributed by atoms with Gasteiger partial charge in [-0.05, 0) is 37.1 Å². The fourth-order valence-electron chi connectivity index (χ4n) is 2.16. The van der Waals surface area contributed by atoms with Crippen molar-refractivity contribution in [2.24, 2.45) is 0 Å². The van der Waals surface area contributed by atoms with Crippen LogP contribution < -0.4 is 0 Å². The van der Waals surface area contributed by atoms with E-state index < -0.39 is 11.7 Å². The van der Waals surface area contributed by atoms with Crippen molar-refractivity contribution in [2.75, 3.05) is 6.61 Å². The quantitative estimate of drug-likeness (QED) is 0.637. The predicted octanol–water partition coefficient (Wildman–Crippen LogP) is 4.62. The van der Waals surface area contributed by atoms with E-state index in [9.17, 15) is 13.2 Å². The topological polar surface area (TPSA) is 20.2 Å². The van der Waals surface area contributed by atoms with Crippen LogP contribution in [0.3, 0.4) is 0 Å². The van der Waals surface area contributed by atoms with Crippen molar-refractivity contribution in [1.29, 1.82) is 0 Å². The molecule has 1 nitrogen and oxygen atoms in total. The summed E-state index contributed by atoms with van der Waals surface area (Å²) in [4.78, 5) is 0. The van der Waals surface area contributed by atoms with Crippen LogP contribution >= 0.6 is 0 Å². The summed E-state index contributed by atoms with van der Waals surface area (Å²) in [5, 5.41) is 8.74. The van der Waals surface area contributed by atoms with Crippen molar-refractivity contribution in [3.05, 3.63) is 70.8 Å². The highest BCUT2D eigenvalue weighted by Gasteiger charge is 2.32. The SMILES string of the molecule is OCCCCC#Cc1ccccc1C#Cc1ccccc1C(F)(F)F. The van der Waals surface area contributed by atoms with Crippen LogP contribution in [0.1, 0.15) is 41.5 Å². The maximum absolute atomic E-state index is 13.0. The van der Waals surface area contributed by atoms with E-state index in [1.807, 2.05) is 6.07 Å². The molecule has 0 spiro atoms. The van der Waals surface area contributed by atoms with Crippen molar-refractivity contribution < 1.29 is 18.3 Å². The minimum absolute atomic E-state index is 0.0549. The molecule has 2 rings (SSSR count). The molecule has 25 heavy (non-hydrogen) atoms. The first-order chi connectivity index (χ1) is 12.0. The molecule has 128 valence electrons. The third kappa shape index (κ3) is 5.71. The van der Waals surface area contributed by atoms with Crippen molar-refractivity contribution in [1.82, 2.24) is 0 Å². The molecule has 2 aromatic carbocycles. The highest BCUT2D eigenvalue weighted by Crippen LogP contribution is 2.31. The fraction of sp³-hybridized carbons (Fsp3) is 0.238. The molecule has 0 aliphatic carbocycles. The van der Waals surface area contributed by atoms with Gasteiger partial charge >= 0.3 is 6.18 Å². The Hall–Kier alpha value is -2.69. The molecule has 0 aromatic heterocycles. The average molecular weight is 342 g/mol. The number of rotatable bonds is 3. The molecule has 0 heterocycles. The molecule has 0 aliphatic heterocycles. The molecule has 0 atom stereocenters. The number of hydrogen-bond acceptors (Lipinski definition) is 1. The lowest BCUT2D eigenvalue weighted by Crippen LogP contribution is -2.07. The molecular weight excluding hydrogens is 325 g/mol. The Labute approximate surface area is 145 Å². The third-order valence-corrected chi connectivity index (χ3v) is 3.42. The number of hydrogen-bond donors (Lipinski definition) is 1. The van der Waals surface area contributed by atoms with E-state index in [-0.39, 0.29) is 12.2 Å². The first kappa shape index (κ1) is 18.6. The van der Waals surface area contributed by atoms with E-state index in [4.69, 9.17) is 5.11 Å². The molecule has 0 amide bonds. The van der Waals surface area contributed by atoms with Gasteiger partial charge in [0.05, 0.1) is 5.56 Å². The minimum atomic E-state index is -4.43. The van der Waals surface area contributed by atoms with Gasteiger partial charge in [0.25, 0.3) is 0 Å². The minimum Gasteiger partial charge on any atom is -0.396 e. The van der Waals surface area contributed by atoms with Gasteiger partial charge in [0, 0.05) is 29.7 Å². The second-order valence-corrected chi connectivity index (χ2v) is 5.32. The van der Waals surface area contributed by atoms with Crippen molar-refractivity contribution in [3.63, 3.8) is 0 Å². The maximum atomic E-state index is 13.0. The van der Waals surface area contributed by atoms with Crippen LogP contribution in [-0.2, 0) is 6.18 Å². The van der Waals surface area contributed by atoms with Crippen molar-refractivity contribution >= 4 is 0 Å². The van der Waals surface area contributed by atoms with Crippen LogP contribution in [0, 0.1) is 23.7 Å². The fourth-order valence-corrected chi connectivity index (χ4v) is 2.16. The number of halogens is 3. The summed E-state index contributed by atoms with van der Waals surface area (Å²) in [6.07, 6.45) is -2.28. The van der Waals surface area contributed by atoms with Crippen LogP contribution in [0.4, 0.5) is 13.2 Å². The van der Waals surface area contributed by atoms with Gasteiger partial charge in [0.1, 0.15) is 0 Å². The van der Waals surface area contributed by atoms with Gasteiger partial charge in [-0.1, -0.05) is 47.9 Å². The Morgan fingerprint density at radius 3 is 1.96 bits per heavy atom. The monoisotopic (exact) mass is 342 g/mol. The molecule has 0 unspecified atom stereocenters. The standard InChI is InChI=1S/C21H17F3O/c22-21(23,24)20-13-7-6-12-19(20)15-14-18-11-5-4-10-17(18)9-3-1-2-8-16-25/h4-7,10-13,25H,1-2,8,16H2. The highest BCUT2D eigenvalue weighted by molar-refractivity contribution is 5.53. The van der Waals surface area contributed by atoms with E-state index >= 15 is 0 Å². The summed E-state index contributed by atoms with van der Waals surface area (Å²) in [5.74, 6) is 11.4. The van der Waals surface area contributed by atoms with E-state index in [0.717, 1.165) is 12.5 Å². The van der Waals surface area contributed by atoms with E-state index in [1.54, 1.807) is 18.2 Å². The van der Waals surface area contributed by atoms with Gasteiger partial charge in [-0.15, -0.1) is 0 Å². The summed E-state index contributed by atoms with van der Waals surface area (Å²) < 4.78 is 39.0. The lowest BCUT2D eigenvalue weighted by Gasteiger charge is -2.08. The predicted molar refractivity (Wildman–Crippen MR) is 91.7 cm³/mol. The Kier molecular flexibility index (Phi) is 6.69.